The third-order valence-electron chi connectivity index (χ3n) is 9.12. The van der Waals surface area contributed by atoms with Crippen molar-refractivity contribution in [3.8, 4) is 5.75 Å². The molecular weight excluding hydrogens is 580 g/mol. The van der Waals surface area contributed by atoms with Crippen LogP contribution in [0.5, 0.6) is 5.75 Å². The zero-order valence-corrected chi connectivity index (χ0v) is 25.5. The molecule has 6 rings (SSSR count). The van der Waals surface area contributed by atoms with E-state index in [0.717, 1.165) is 11.3 Å². The second kappa shape index (κ2) is 10.6. The van der Waals surface area contributed by atoms with Gasteiger partial charge >= 0.3 is 0 Å². The Labute approximate surface area is 258 Å². The van der Waals surface area contributed by atoms with E-state index < -0.39 is 58.0 Å². The molecule has 3 aliphatic rings. The molecule has 0 aliphatic heterocycles. The Morgan fingerprint density at radius 2 is 1.87 bits per heavy atom. The Kier molecular flexibility index (Phi) is 7.09. The number of likely N-dealkylation sites (N-methyl/N-ethyl adjacent to an activating group) is 1. The number of aliphatic hydroxyl groups is 3. The van der Waals surface area contributed by atoms with Crippen molar-refractivity contribution in [3.05, 3.63) is 69.8 Å². The van der Waals surface area contributed by atoms with Crippen LogP contribution >= 0.6 is 0 Å². The number of Topliss-reactive ketones (excluding diaryl/α,β-unsaturated/α-hetero) is 2. The van der Waals surface area contributed by atoms with Crippen molar-refractivity contribution < 1.29 is 38.9 Å². The number of carbonyl (C=O) groups excluding carboxylic acids is 3. The molecule has 234 valence electrons. The average Bonchev–Trinajstić information content (AvgIpc) is 3.40. The maximum Gasteiger partial charge on any atom is 0.255 e. The van der Waals surface area contributed by atoms with Gasteiger partial charge < -0.3 is 35.1 Å². The van der Waals surface area contributed by atoms with Crippen LogP contribution in [0.3, 0.4) is 0 Å². The summed E-state index contributed by atoms with van der Waals surface area (Å²) < 4.78 is 11.6. The Bertz CT molecular complexity index is 1880. The second-order valence-electron chi connectivity index (χ2n) is 12.1. The third-order valence-corrected chi connectivity index (χ3v) is 9.12. The number of rotatable bonds is 6. The molecule has 1 heterocycles. The summed E-state index contributed by atoms with van der Waals surface area (Å²) in [7, 11) is 8.44. The van der Waals surface area contributed by atoms with E-state index in [1.807, 2.05) is 49.3 Å². The van der Waals surface area contributed by atoms with E-state index in [0.29, 0.717) is 16.8 Å². The minimum absolute atomic E-state index is 0.0555. The van der Waals surface area contributed by atoms with Gasteiger partial charge in [-0.2, -0.15) is 0 Å². The fourth-order valence-electron chi connectivity index (χ4n) is 7.13. The maximum atomic E-state index is 14.2. The summed E-state index contributed by atoms with van der Waals surface area (Å²) in [4.78, 5) is 47.8. The number of hydrogen-bond donors (Lipinski definition) is 4. The first-order chi connectivity index (χ1) is 21.3. The number of methoxy groups -OCH3 is 1. The lowest BCUT2D eigenvalue weighted by atomic mass is 9.57. The number of ketones is 2. The number of nitrogens with zero attached hydrogens (tertiary/aromatic N) is 3. The number of para-hydroxylation sites is 1. The van der Waals surface area contributed by atoms with Gasteiger partial charge in [0.1, 0.15) is 28.4 Å². The van der Waals surface area contributed by atoms with Crippen LogP contribution in [-0.4, -0.2) is 89.6 Å². The van der Waals surface area contributed by atoms with Crippen LogP contribution in [0.1, 0.15) is 29.0 Å². The number of hydrogen-bond acceptors (Lipinski definition) is 11. The largest absolute Gasteiger partial charge is 0.508 e. The molecule has 0 unspecified atom stereocenters. The van der Waals surface area contributed by atoms with Gasteiger partial charge in [0.2, 0.25) is 11.7 Å². The van der Waals surface area contributed by atoms with Crippen molar-refractivity contribution in [2.75, 3.05) is 40.2 Å². The number of aromatic nitrogens is 1. The van der Waals surface area contributed by atoms with Gasteiger partial charge in [-0.25, -0.2) is 4.98 Å². The van der Waals surface area contributed by atoms with Crippen LogP contribution in [0.25, 0.3) is 29.0 Å². The fourth-order valence-corrected chi connectivity index (χ4v) is 7.13. The van der Waals surface area contributed by atoms with Gasteiger partial charge in [0, 0.05) is 42.9 Å². The van der Waals surface area contributed by atoms with E-state index in [9.17, 15) is 29.7 Å². The number of aliphatic hydroxyl groups excluding tert-OH is 2. The molecule has 12 heteroatoms. The van der Waals surface area contributed by atoms with Crippen molar-refractivity contribution in [1.29, 1.82) is 0 Å². The van der Waals surface area contributed by atoms with Crippen LogP contribution in [0, 0.1) is 11.8 Å². The van der Waals surface area contributed by atoms with Crippen molar-refractivity contribution in [2.24, 2.45) is 17.6 Å². The summed E-state index contributed by atoms with van der Waals surface area (Å²) in [6.07, 6.45) is 3.78. The molecule has 1 aromatic heterocycles. The van der Waals surface area contributed by atoms with Crippen LogP contribution < -0.4 is 15.4 Å². The van der Waals surface area contributed by atoms with E-state index >= 15 is 0 Å². The number of fused-ring (bicyclic) bond motifs is 5. The summed E-state index contributed by atoms with van der Waals surface area (Å²) in [6.45, 7) is 0. The average molecular weight is 615 g/mol. The fraction of sp³-hybridized carbons (Fsp3) is 0.333. The normalized spacial score (nSPS) is 24.7. The van der Waals surface area contributed by atoms with Gasteiger partial charge in [0.25, 0.3) is 5.91 Å². The van der Waals surface area contributed by atoms with Crippen LogP contribution in [-0.2, 0) is 20.8 Å². The van der Waals surface area contributed by atoms with Gasteiger partial charge in [0.15, 0.2) is 17.0 Å². The number of carbonyl (C=O) groups is 3. The highest BCUT2D eigenvalue weighted by Gasteiger charge is 2.64. The molecule has 0 bridgehead atoms. The van der Waals surface area contributed by atoms with E-state index in [1.165, 1.54) is 4.90 Å². The smallest absolute Gasteiger partial charge is 0.255 e. The maximum absolute atomic E-state index is 14.2. The highest BCUT2D eigenvalue weighted by atomic mass is 16.5. The topological polar surface area (TPSA) is 180 Å². The van der Waals surface area contributed by atoms with Gasteiger partial charge in [-0.15, -0.1) is 0 Å². The molecule has 1 fully saturated rings. The Balaban J connectivity index is 1.54. The third kappa shape index (κ3) is 4.35. The number of nitrogens with two attached hydrogens (primary N) is 1. The summed E-state index contributed by atoms with van der Waals surface area (Å²) in [5.74, 6) is -5.36. The second-order valence-corrected chi connectivity index (χ2v) is 12.1. The van der Waals surface area contributed by atoms with Gasteiger partial charge in [0.05, 0.1) is 18.7 Å². The zero-order chi connectivity index (χ0) is 32.5. The lowest BCUT2D eigenvalue weighted by Crippen LogP contribution is -2.65. The van der Waals surface area contributed by atoms with Crippen LogP contribution in [0.15, 0.2) is 51.7 Å². The van der Waals surface area contributed by atoms with E-state index in [1.54, 1.807) is 33.4 Å². The van der Waals surface area contributed by atoms with Gasteiger partial charge in [-0.3, -0.25) is 19.3 Å². The first-order valence-electron chi connectivity index (χ1n) is 14.4. The number of primary amides is 1. The number of anilines is 1. The SMILES string of the molecule is COc1ccccc1C=Cc1nc2cc(N(C)C)c3c(c2o1)C(O)=C1C(=O)[C@]2(O)C(O)=C(C(N)=O)C(=O)[C@@H](N(C)C)[C@@H]2C[C@@H]1C3. The number of oxazole rings is 1. The highest BCUT2D eigenvalue weighted by molar-refractivity contribution is 6.24. The highest BCUT2D eigenvalue weighted by Crippen LogP contribution is 2.53. The number of benzene rings is 2. The molecule has 3 aliphatic carbocycles. The van der Waals surface area contributed by atoms with Gasteiger partial charge in [-0.1, -0.05) is 18.2 Å². The Hall–Kier alpha value is -4.94. The molecule has 1 amide bonds. The Morgan fingerprint density at radius 1 is 1.16 bits per heavy atom. The summed E-state index contributed by atoms with van der Waals surface area (Å²) in [5, 5.41) is 34.9. The van der Waals surface area contributed by atoms with Crippen molar-refractivity contribution in [2.45, 2.75) is 24.5 Å². The monoisotopic (exact) mass is 614 g/mol. The molecule has 2 aromatic carbocycles. The van der Waals surface area contributed by atoms with Crippen molar-refractivity contribution >= 4 is 52.2 Å². The number of ether oxygens (including phenoxy) is 1. The van der Waals surface area contributed by atoms with E-state index in [-0.39, 0.29) is 35.5 Å². The summed E-state index contributed by atoms with van der Waals surface area (Å²) in [5.41, 5.74) is 4.98. The van der Waals surface area contributed by atoms with Gasteiger partial charge in [-0.05, 0) is 56.6 Å². The van der Waals surface area contributed by atoms with Crippen LogP contribution in [0.2, 0.25) is 0 Å². The molecule has 5 N–H and O–H groups in total. The predicted molar refractivity (Wildman–Crippen MR) is 166 cm³/mol. The van der Waals surface area contributed by atoms with Crippen molar-refractivity contribution in [3.63, 3.8) is 0 Å². The zero-order valence-electron chi connectivity index (χ0n) is 25.5. The summed E-state index contributed by atoms with van der Waals surface area (Å²) >= 11 is 0. The number of amides is 1. The lowest BCUT2D eigenvalue weighted by Gasteiger charge is -2.50. The summed E-state index contributed by atoms with van der Waals surface area (Å²) in [6, 6.07) is 8.16. The molecule has 4 atom stereocenters. The standard InChI is InChI=1S/C33H34N4O8/c1-36(2)20-14-19-29(45-22(35-19)11-10-15-8-6-7-9-21(15)44-5)24-17(20)12-16-13-18-26(37(3)4)28(39)25(32(34)42)31(41)33(18,43)30(40)23(16)27(24)38/h6-11,14,16,18,26,38,41,43H,12-13H2,1-5H3,(H2,34,42)/t16-,18-,26-,33-/m0/s1. The molecule has 3 aromatic rings. The van der Waals surface area contributed by atoms with E-state index in [2.05, 4.69) is 4.98 Å². The molecule has 0 radical (unpaired) electrons. The van der Waals surface area contributed by atoms with E-state index in [4.69, 9.17) is 14.9 Å². The molecule has 1 saturated carbocycles. The molecular formula is C33H34N4O8. The predicted octanol–water partition coefficient (Wildman–Crippen LogP) is 2.64. The quantitative estimate of drug-likeness (QED) is 0.300. The minimum Gasteiger partial charge on any atom is -0.508 e. The van der Waals surface area contributed by atoms with Crippen molar-refractivity contribution in [1.82, 2.24) is 9.88 Å². The first kappa shape index (κ1) is 30.1. The molecule has 12 nitrogen and oxygen atoms in total. The molecule has 0 spiro atoms. The molecule has 0 saturated heterocycles. The first-order valence-corrected chi connectivity index (χ1v) is 14.4. The molecule has 45 heavy (non-hydrogen) atoms. The Morgan fingerprint density at radius 3 is 2.51 bits per heavy atom. The minimum atomic E-state index is -2.66. The van der Waals surface area contributed by atoms with Crippen LogP contribution in [0.4, 0.5) is 5.69 Å². The lowest BCUT2D eigenvalue weighted by molar-refractivity contribution is -0.153.